The average Bonchev–Trinajstić information content (AvgIpc) is 3.01. The van der Waals surface area contributed by atoms with Gasteiger partial charge >= 0.3 is 0 Å². The Balaban J connectivity index is 1.63. The van der Waals surface area contributed by atoms with Crippen molar-refractivity contribution in [3.05, 3.63) is 27.8 Å². The van der Waals surface area contributed by atoms with Crippen molar-refractivity contribution in [3.63, 3.8) is 0 Å². The van der Waals surface area contributed by atoms with Crippen LogP contribution < -0.4 is 5.32 Å². The van der Waals surface area contributed by atoms with Crippen molar-refractivity contribution in [2.75, 3.05) is 0 Å². The number of aryl methyl sites for hydroxylation is 2. The minimum Gasteiger partial charge on any atom is -0.366 e. The fourth-order valence-electron chi connectivity index (χ4n) is 3.80. The highest BCUT2D eigenvalue weighted by atomic mass is 32.1. The zero-order chi connectivity index (χ0) is 15.3. The van der Waals surface area contributed by atoms with Crippen LogP contribution in [0.25, 0.3) is 10.2 Å². The molecule has 4 rings (SSSR count). The Morgan fingerprint density at radius 2 is 1.95 bits per heavy atom. The maximum Gasteiger partial charge on any atom is 0.139 e. The van der Waals surface area contributed by atoms with E-state index in [0.29, 0.717) is 6.04 Å². The van der Waals surface area contributed by atoms with Crippen LogP contribution in [0.1, 0.15) is 54.3 Å². The summed E-state index contributed by atoms with van der Waals surface area (Å²) in [6.45, 7) is 7.45. The number of pyridine rings is 1. The van der Waals surface area contributed by atoms with Gasteiger partial charge in [0, 0.05) is 22.7 Å². The first kappa shape index (κ1) is 14.2. The van der Waals surface area contributed by atoms with Crippen molar-refractivity contribution in [2.45, 2.75) is 59.0 Å². The van der Waals surface area contributed by atoms with Crippen molar-refractivity contribution >= 4 is 27.4 Å². The number of hydrogen-bond acceptors (Lipinski definition) is 4. The van der Waals surface area contributed by atoms with E-state index in [9.17, 15) is 0 Å². The summed E-state index contributed by atoms with van der Waals surface area (Å²) in [7, 11) is 0. The monoisotopic (exact) mass is 313 g/mol. The first-order valence-corrected chi connectivity index (χ1v) is 9.14. The second kappa shape index (κ2) is 5.34. The lowest BCUT2D eigenvalue weighted by molar-refractivity contribution is 0.331. The smallest absolute Gasteiger partial charge is 0.139 e. The summed E-state index contributed by atoms with van der Waals surface area (Å²) >= 11 is 1.81. The maximum atomic E-state index is 4.78. The van der Waals surface area contributed by atoms with E-state index in [2.05, 4.69) is 32.2 Å². The lowest BCUT2D eigenvalue weighted by atomic mass is 9.87. The number of nitrogens with zero attached hydrogens (tertiary/aromatic N) is 2. The Morgan fingerprint density at radius 3 is 2.73 bits per heavy atom. The van der Waals surface area contributed by atoms with Gasteiger partial charge in [-0.15, -0.1) is 11.3 Å². The van der Waals surface area contributed by atoms with Gasteiger partial charge in [0.05, 0.1) is 11.4 Å². The van der Waals surface area contributed by atoms with Crippen molar-refractivity contribution < 1.29 is 0 Å². The summed E-state index contributed by atoms with van der Waals surface area (Å²) in [4.78, 5) is 12.0. The third-order valence-electron chi connectivity index (χ3n) is 5.05. The van der Waals surface area contributed by atoms with E-state index in [-0.39, 0.29) is 0 Å². The highest BCUT2D eigenvalue weighted by Gasteiger charge is 2.26. The van der Waals surface area contributed by atoms with E-state index >= 15 is 0 Å². The largest absolute Gasteiger partial charge is 0.366 e. The SMILES string of the molecule is Cc1cc(C)c2c3c(sc2n1)C(NC1CCC(C)CC1)=NC3. The average molecular weight is 313 g/mol. The Hall–Kier alpha value is -1.42. The maximum absolute atomic E-state index is 4.78. The molecule has 1 aliphatic heterocycles. The summed E-state index contributed by atoms with van der Waals surface area (Å²) in [6.07, 6.45) is 5.22. The first-order chi connectivity index (χ1) is 10.6. The number of aromatic nitrogens is 1. The van der Waals surface area contributed by atoms with Gasteiger partial charge in [0.25, 0.3) is 0 Å². The van der Waals surface area contributed by atoms with Crippen LogP contribution in [0.2, 0.25) is 0 Å². The highest BCUT2D eigenvalue weighted by Crippen LogP contribution is 2.37. The Kier molecular flexibility index (Phi) is 3.44. The van der Waals surface area contributed by atoms with Crippen LogP contribution in [0.15, 0.2) is 11.1 Å². The van der Waals surface area contributed by atoms with Gasteiger partial charge in [-0.2, -0.15) is 0 Å². The first-order valence-electron chi connectivity index (χ1n) is 8.33. The van der Waals surface area contributed by atoms with Gasteiger partial charge in [0.15, 0.2) is 0 Å². The van der Waals surface area contributed by atoms with E-state index in [1.807, 2.05) is 11.3 Å². The number of amidine groups is 1. The van der Waals surface area contributed by atoms with Crippen LogP contribution in [-0.4, -0.2) is 16.9 Å². The molecule has 4 heteroatoms. The second-order valence-electron chi connectivity index (χ2n) is 6.94. The summed E-state index contributed by atoms with van der Waals surface area (Å²) in [5.74, 6) is 2.01. The van der Waals surface area contributed by atoms with Crippen LogP contribution in [0, 0.1) is 19.8 Å². The van der Waals surface area contributed by atoms with E-state index in [1.165, 1.54) is 51.9 Å². The van der Waals surface area contributed by atoms with Gasteiger partial charge in [0.2, 0.25) is 0 Å². The Morgan fingerprint density at radius 1 is 1.18 bits per heavy atom. The van der Waals surface area contributed by atoms with Crippen LogP contribution >= 0.6 is 11.3 Å². The van der Waals surface area contributed by atoms with Crippen LogP contribution in [0.5, 0.6) is 0 Å². The standard InChI is InChI=1S/C18H23N3S/c1-10-4-6-13(7-5-10)21-17-16-14(9-19-17)15-11(2)8-12(3)20-18(15)22-16/h8,10,13H,4-7,9H2,1-3H3,(H,19,21). The summed E-state index contributed by atoms with van der Waals surface area (Å²) in [6, 6.07) is 2.78. The molecular weight excluding hydrogens is 290 g/mol. The molecule has 0 atom stereocenters. The molecular formula is C18H23N3S. The number of nitrogens with one attached hydrogen (secondary N) is 1. The molecule has 0 spiro atoms. The van der Waals surface area contributed by atoms with Gasteiger partial charge in [-0.3, -0.25) is 4.99 Å². The van der Waals surface area contributed by atoms with Gasteiger partial charge in [-0.05, 0) is 57.1 Å². The molecule has 0 radical (unpaired) electrons. The molecule has 0 aromatic carbocycles. The summed E-state index contributed by atoms with van der Waals surface area (Å²) in [5, 5.41) is 5.06. The minimum atomic E-state index is 0.599. The van der Waals surface area contributed by atoms with Gasteiger partial charge in [0.1, 0.15) is 10.7 Å². The second-order valence-corrected chi connectivity index (χ2v) is 7.94. The molecule has 3 heterocycles. The molecule has 22 heavy (non-hydrogen) atoms. The van der Waals surface area contributed by atoms with Crippen LogP contribution in [0.4, 0.5) is 0 Å². The molecule has 116 valence electrons. The molecule has 0 saturated heterocycles. The predicted molar refractivity (Wildman–Crippen MR) is 93.9 cm³/mol. The van der Waals surface area contributed by atoms with Gasteiger partial charge in [-0.1, -0.05) is 6.92 Å². The number of thiophene rings is 1. The molecule has 0 amide bonds. The normalized spacial score (nSPS) is 24.4. The molecule has 1 N–H and O–H groups in total. The Bertz CT molecular complexity index is 751. The quantitative estimate of drug-likeness (QED) is 0.850. The van der Waals surface area contributed by atoms with Crippen molar-refractivity contribution in [2.24, 2.45) is 10.9 Å². The lowest BCUT2D eigenvalue weighted by Gasteiger charge is -2.27. The molecule has 2 aromatic rings. The lowest BCUT2D eigenvalue weighted by Crippen LogP contribution is -2.36. The molecule has 0 unspecified atom stereocenters. The number of aliphatic imine (C=N–C) groups is 1. The van der Waals surface area contributed by atoms with Gasteiger partial charge in [-0.25, -0.2) is 4.98 Å². The summed E-state index contributed by atoms with van der Waals surface area (Å²) < 4.78 is 0. The fourth-order valence-corrected chi connectivity index (χ4v) is 5.08. The summed E-state index contributed by atoms with van der Waals surface area (Å²) in [5.41, 5.74) is 3.83. The predicted octanol–water partition coefficient (Wildman–Crippen LogP) is 4.34. The van der Waals surface area contributed by atoms with Crippen LogP contribution in [0.3, 0.4) is 0 Å². The number of fused-ring (bicyclic) bond motifs is 3. The van der Waals surface area contributed by atoms with E-state index < -0.39 is 0 Å². The van der Waals surface area contributed by atoms with Gasteiger partial charge < -0.3 is 5.32 Å². The topological polar surface area (TPSA) is 37.3 Å². The zero-order valence-electron chi connectivity index (χ0n) is 13.6. The minimum absolute atomic E-state index is 0.599. The van der Waals surface area contributed by atoms with Crippen LogP contribution in [-0.2, 0) is 6.54 Å². The highest BCUT2D eigenvalue weighted by molar-refractivity contribution is 7.20. The third kappa shape index (κ3) is 2.34. The molecule has 1 saturated carbocycles. The van der Waals surface area contributed by atoms with E-state index in [1.54, 1.807) is 0 Å². The van der Waals surface area contributed by atoms with Crippen molar-refractivity contribution in [1.29, 1.82) is 0 Å². The Labute approximate surface area is 135 Å². The molecule has 1 fully saturated rings. The molecule has 3 nitrogen and oxygen atoms in total. The van der Waals surface area contributed by atoms with Crippen molar-refractivity contribution in [1.82, 2.24) is 10.3 Å². The fraction of sp³-hybridized carbons (Fsp3) is 0.556. The molecule has 0 bridgehead atoms. The number of hydrogen-bond donors (Lipinski definition) is 1. The number of rotatable bonds is 1. The van der Waals surface area contributed by atoms with E-state index in [4.69, 9.17) is 9.98 Å². The molecule has 2 aliphatic rings. The molecule has 2 aromatic heterocycles. The molecule has 1 aliphatic carbocycles. The zero-order valence-corrected chi connectivity index (χ0v) is 14.4. The third-order valence-corrected chi connectivity index (χ3v) is 6.19. The van der Waals surface area contributed by atoms with Crippen molar-refractivity contribution in [3.8, 4) is 0 Å². The van der Waals surface area contributed by atoms with E-state index in [0.717, 1.165) is 24.0 Å².